The molecular weight excluding hydrogens is 318 g/mol. The standard InChI is InChI=1S/C19H33N3O3/c1-19(2,16-7-9-17(24-5)10-8-16)15-22-18(20-3)21-11-6-12-25-14-13-23-4/h7-10H,6,11-15H2,1-5H3,(H2,20,21,22). The van der Waals surface area contributed by atoms with E-state index >= 15 is 0 Å². The van der Waals surface area contributed by atoms with Crippen LogP contribution in [0.1, 0.15) is 25.8 Å². The van der Waals surface area contributed by atoms with Gasteiger partial charge in [0.2, 0.25) is 0 Å². The van der Waals surface area contributed by atoms with E-state index in [0.717, 1.165) is 31.2 Å². The minimum Gasteiger partial charge on any atom is -0.497 e. The van der Waals surface area contributed by atoms with E-state index in [1.54, 1.807) is 21.3 Å². The number of hydrogen-bond donors (Lipinski definition) is 2. The average molecular weight is 351 g/mol. The lowest BCUT2D eigenvalue weighted by molar-refractivity contribution is 0.0698. The zero-order valence-electron chi connectivity index (χ0n) is 16.2. The minimum atomic E-state index is -0.0207. The third-order valence-corrected chi connectivity index (χ3v) is 3.98. The van der Waals surface area contributed by atoms with Gasteiger partial charge in [0, 0.05) is 39.3 Å². The molecule has 1 aromatic carbocycles. The van der Waals surface area contributed by atoms with Gasteiger partial charge in [-0.25, -0.2) is 0 Å². The number of guanidine groups is 1. The molecule has 0 aromatic heterocycles. The van der Waals surface area contributed by atoms with Crippen molar-refractivity contribution in [2.75, 3.05) is 54.2 Å². The Morgan fingerprint density at radius 3 is 2.36 bits per heavy atom. The molecule has 1 aromatic rings. The van der Waals surface area contributed by atoms with Gasteiger partial charge in [-0.05, 0) is 24.1 Å². The number of nitrogens with zero attached hydrogens (tertiary/aromatic N) is 1. The Bertz CT molecular complexity index is 501. The SMILES string of the molecule is CN=C(NCCCOCCOC)NCC(C)(C)c1ccc(OC)cc1. The Kier molecular flexibility index (Phi) is 9.96. The van der Waals surface area contributed by atoms with Gasteiger partial charge in [0.05, 0.1) is 20.3 Å². The number of ether oxygens (including phenoxy) is 3. The van der Waals surface area contributed by atoms with Crippen molar-refractivity contribution >= 4 is 5.96 Å². The van der Waals surface area contributed by atoms with Crippen molar-refractivity contribution in [1.82, 2.24) is 10.6 Å². The monoisotopic (exact) mass is 351 g/mol. The van der Waals surface area contributed by atoms with Crippen LogP contribution in [0.5, 0.6) is 5.75 Å². The quantitative estimate of drug-likeness (QED) is 0.363. The molecule has 0 saturated heterocycles. The summed E-state index contributed by atoms with van der Waals surface area (Å²) in [5.41, 5.74) is 1.23. The van der Waals surface area contributed by atoms with Crippen LogP contribution in [0.3, 0.4) is 0 Å². The van der Waals surface area contributed by atoms with E-state index in [9.17, 15) is 0 Å². The van der Waals surface area contributed by atoms with Crippen LogP contribution in [-0.2, 0) is 14.9 Å². The lowest BCUT2D eigenvalue weighted by Crippen LogP contribution is -2.43. The van der Waals surface area contributed by atoms with Crippen molar-refractivity contribution in [1.29, 1.82) is 0 Å². The number of rotatable bonds is 11. The fourth-order valence-electron chi connectivity index (χ4n) is 2.29. The maximum Gasteiger partial charge on any atom is 0.191 e. The molecule has 0 bridgehead atoms. The van der Waals surface area contributed by atoms with Crippen molar-refractivity contribution in [2.45, 2.75) is 25.7 Å². The fourth-order valence-corrected chi connectivity index (χ4v) is 2.29. The summed E-state index contributed by atoms with van der Waals surface area (Å²) in [6, 6.07) is 8.20. The Balaban J connectivity index is 2.34. The summed E-state index contributed by atoms with van der Waals surface area (Å²) in [5, 5.41) is 6.71. The number of benzene rings is 1. The van der Waals surface area contributed by atoms with Crippen LogP contribution in [0.2, 0.25) is 0 Å². The predicted molar refractivity (Wildman–Crippen MR) is 103 cm³/mol. The Hall–Kier alpha value is -1.79. The van der Waals surface area contributed by atoms with E-state index in [2.05, 4.69) is 41.6 Å². The lowest BCUT2D eigenvalue weighted by Gasteiger charge is -2.27. The molecule has 0 radical (unpaired) electrons. The Morgan fingerprint density at radius 2 is 1.76 bits per heavy atom. The highest BCUT2D eigenvalue weighted by molar-refractivity contribution is 5.79. The normalized spacial score (nSPS) is 12.1. The van der Waals surface area contributed by atoms with Crippen LogP contribution >= 0.6 is 0 Å². The molecule has 0 aliphatic heterocycles. The van der Waals surface area contributed by atoms with Crippen LogP contribution in [0.15, 0.2) is 29.3 Å². The second kappa shape index (κ2) is 11.7. The largest absolute Gasteiger partial charge is 0.497 e. The molecule has 142 valence electrons. The number of hydrogen-bond acceptors (Lipinski definition) is 4. The van der Waals surface area contributed by atoms with Gasteiger partial charge in [0.15, 0.2) is 5.96 Å². The summed E-state index contributed by atoms with van der Waals surface area (Å²) < 4.78 is 15.6. The topological polar surface area (TPSA) is 64.1 Å². The van der Waals surface area contributed by atoms with Crippen LogP contribution in [0.4, 0.5) is 0 Å². The third kappa shape index (κ3) is 8.23. The first kappa shape index (κ1) is 21.3. The van der Waals surface area contributed by atoms with Gasteiger partial charge in [-0.3, -0.25) is 4.99 Å². The summed E-state index contributed by atoms with van der Waals surface area (Å²) in [6.07, 6.45) is 0.923. The first-order valence-electron chi connectivity index (χ1n) is 8.69. The molecule has 0 saturated carbocycles. The molecule has 6 nitrogen and oxygen atoms in total. The van der Waals surface area contributed by atoms with Crippen molar-refractivity contribution in [3.63, 3.8) is 0 Å². The molecule has 0 unspecified atom stereocenters. The Morgan fingerprint density at radius 1 is 1.04 bits per heavy atom. The molecular formula is C19H33N3O3. The van der Waals surface area contributed by atoms with Gasteiger partial charge >= 0.3 is 0 Å². The maximum absolute atomic E-state index is 5.44. The van der Waals surface area contributed by atoms with Crippen LogP contribution < -0.4 is 15.4 Å². The van der Waals surface area contributed by atoms with E-state index in [0.29, 0.717) is 19.8 Å². The zero-order valence-corrected chi connectivity index (χ0v) is 16.2. The smallest absolute Gasteiger partial charge is 0.191 e. The Labute approximate surface area is 152 Å². The molecule has 0 heterocycles. The van der Waals surface area contributed by atoms with Gasteiger partial charge in [-0.2, -0.15) is 0 Å². The second-order valence-corrected chi connectivity index (χ2v) is 6.42. The van der Waals surface area contributed by atoms with Gasteiger partial charge in [0.1, 0.15) is 5.75 Å². The van der Waals surface area contributed by atoms with Gasteiger partial charge in [-0.15, -0.1) is 0 Å². The molecule has 0 fully saturated rings. The molecule has 2 N–H and O–H groups in total. The van der Waals surface area contributed by atoms with Crippen molar-refractivity contribution in [2.24, 2.45) is 4.99 Å². The molecule has 25 heavy (non-hydrogen) atoms. The van der Waals surface area contributed by atoms with Crippen molar-refractivity contribution in [3.8, 4) is 5.75 Å². The zero-order chi connectivity index (χ0) is 18.5. The van der Waals surface area contributed by atoms with E-state index < -0.39 is 0 Å². The lowest BCUT2D eigenvalue weighted by atomic mass is 9.84. The summed E-state index contributed by atoms with van der Waals surface area (Å²) in [4.78, 5) is 4.27. The average Bonchev–Trinajstić information content (AvgIpc) is 2.63. The molecule has 0 aliphatic carbocycles. The number of nitrogens with one attached hydrogen (secondary N) is 2. The highest BCUT2D eigenvalue weighted by Gasteiger charge is 2.20. The summed E-state index contributed by atoms with van der Waals surface area (Å²) in [6.45, 7) is 8.00. The minimum absolute atomic E-state index is 0.0207. The third-order valence-electron chi connectivity index (χ3n) is 3.98. The summed E-state index contributed by atoms with van der Waals surface area (Å²) in [7, 11) is 5.14. The van der Waals surface area contributed by atoms with Crippen molar-refractivity contribution in [3.05, 3.63) is 29.8 Å². The highest BCUT2D eigenvalue weighted by atomic mass is 16.5. The molecule has 6 heteroatoms. The van der Waals surface area contributed by atoms with Crippen molar-refractivity contribution < 1.29 is 14.2 Å². The first-order valence-corrected chi connectivity index (χ1v) is 8.69. The van der Waals surface area contributed by atoms with E-state index in [4.69, 9.17) is 14.2 Å². The number of aliphatic imine (C=N–C) groups is 1. The van der Waals surface area contributed by atoms with E-state index in [1.807, 2.05) is 12.1 Å². The molecule has 0 spiro atoms. The van der Waals surface area contributed by atoms with E-state index in [-0.39, 0.29) is 5.41 Å². The fraction of sp³-hybridized carbons (Fsp3) is 0.632. The van der Waals surface area contributed by atoms with Gasteiger partial charge < -0.3 is 24.8 Å². The maximum atomic E-state index is 5.44. The summed E-state index contributed by atoms with van der Waals surface area (Å²) in [5.74, 6) is 1.68. The number of methoxy groups -OCH3 is 2. The summed E-state index contributed by atoms with van der Waals surface area (Å²) >= 11 is 0. The molecule has 0 atom stereocenters. The molecule has 0 aliphatic rings. The first-order chi connectivity index (χ1) is 12.0. The van der Waals surface area contributed by atoms with Crippen LogP contribution in [-0.4, -0.2) is 60.1 Å². The van der Waals surface area contributed by atoms with Crippen LogP contribution in [0.25, 0.3) is 0 Å². The van der Waals surface area contributed by atoms with Gasteiger partial charge in [0.25, 0.3) is 0 Å². The highest BCUT2D eigenvalue weighted by Crippen LogP contribution is 2.24. The van der Waals surface area contributed by atoms with Gasteiger partial charge in [-0.1, -0.05) is 26.0 Å². The molecule has 0 amide bonds. The van der Waals surface area contributed by atoms with E-state index in [1.165, 1.54) is 5.56 Å². The second-order valence-electron chi connectivity index (χ2n) is 6.42. The molecule has 1 rings (SSSR count). The predicted octanol–water partition coefficient (Wildman–Crippen LogP) is 2.19. The van der Waals surface area contributed by atoms with Crippen LogP contribution in [0, 0.1) is 0 Å².